The van der Waals surface area contributed by atoms with Gasteiger partial charge in [-0.05, 0) is 57.8 Å². The molecule has 0 aromatic rings. The number of hydrogen-bond acceptors (Lipinski definition) is 0. The van der Waals surface area contributed by atoms with Crippen LogP contribution in [-0.4, -0.2) is 0 Å². The maximum atomic E-state index is 2.57. The minimum absolute atomic E-state index is 1.30. The molecule has 0 fully saturated rings. The largest absolute Gasteiger partial charge is 0.0885 e. The molecule has 0 unspecified atom stereocenters. The quantitative estimate of drug-likeness (QED) is 0.0654. The van der Waals surface area contributed by atoms with Crippen LogP contribution in [0.4, 0.5) is 0 Å². The van der Waals surface area contributed by atoms with Crippen LogP contribution in [0.2, 0.25) is 0 Å². The smallest absolute Gasteiger partial charge is 0.0351 e. The van der Waals surface area contributed by atoms with Gasteiger partial charge in [0, 0.05) is 0 Å². The van der Waals surface area contributed by atoms with E-state index in [4.69, 9.17) is 0 Å². The van der Waals surface area contributed by atoms with Gasteiger partial charge < -0.3 is 0 Å². The average molecular weight is 502 g/mol. The molecule has 0 atom stereocenters. The van der Waals surface area contributed by atoms with Crippen molar-refractivity contribution in [1.29, 1.82) is 0 Å². The van der Waals surface area contributed by atoms with Gasteiger partial charge in [0.1, 0.15) is 0 Å². The van der Waals surface area contributed by atoms with Crippen molar-refractivity contribution in [2.75, 3.05) is 0 Å². The summed E-state index contributed by atoms with van der Waals surface area (Å²) < 4.78 is 0. The van der Waals surface area contributed by atoms with Crippen LogP contribution in [-0.2, 0) is 0 Å². The lowest BCUT2D eigenvalue weighted by atomic mass is 10.0. The second-order valence-electron chi connectivity index (χ2n) is 11.4. The van der Waals surface area contributed by atoms with Gasteiger partial charge in [0.25, 0.3) is 0 Å². The summed E-state index contributed by atoms with van der Waals surface area (Å²) in [6.45, 7) is 4.59. The first-order valence-electron chi connectivity index (χ1n) is 17.0. The van der Waals surface area contributed by atoms with Crippen LogP contribution < -0.4 is 0 Å². The zero-order valence-electron chi connectivity index (χ0n) is 25.4. The summed E-state index contributed by atoms with van der Waals surface area (Å²) in [7, 11) is 0. The second-order valence-corrected chi connectivity index (χ2v) is 11.4. The van der Waals surface area contributed by atoms with Crippen molar-refractivity contribution in [2.24, 2.45) is 0 Å². The van der Waals surface area contributed by atoms with E-state index >= 15 is 0 Å². The van der Waals surface area contributed by atoms with Crippen LogP contribution in [0.1, 0.15) is 200 Å². The normalized spacial score (nSPS) is 11.9. The lowest BCUT2D eigenvalue weighted by molar-refractivity contribution is 0.578. The maximum Gasteiger partial charge on any atom is -0.0351 e. The molecule has 36 heavy (non-hydrogen) atoms. The minimum atomic E-state index is 1.30. The fraction of sp³-hybridized carbons (Fsp3) is 0.861. The molecule has 0 bridgehead atoms. The molecule has 0 N–H and O–H groups in total. The third-order valence-corrected chi connectivity index (χ3v) is 7.59. The molecule has 0 aliphatic carbocycles. The molecular formula is C36H69. The van der Waals surface area contributed by atoms with Crippen LogP contribution in [0.25, 0.3) is 0 Å². The first-order valence-corrected chi connectivity index (χ1v) is 17.0. The standard InChI is InChI=1S/C36H69/c1-3-5-7-9-11-13-15-17-19-21-23-25-27-29-31-33-35-36-34-32-30-28-26-24-22-20-18-16-14-12-10-8-6-4-2/h17-20,35H,3-16,21-34,36H2,1-2H3/b19-17-,20-18-. The summed E-state index contributed by atoms with van der Waals surface area (Å²) in [4.78, 5) is 0. The Morgan fingerprint density at radius 2 is 0.472 bits per heavy atom. The predicted octanol–water partition coefficient (Wildman–Crippen LogP) is 13.7. The Hall–Kier alpha value is -0.520. The average Bonchev–Trinajstić information content (AvgIpc) is 2.89. The number of hydrogen-bond donors (Lipinski definition) is 0. The molecular weight excluding hydrogens is 432 g/mol. The van der Waals surface area contributed by atoms with Crippen LogP contribution in [0, 0.1) is 6.42 Å². The Bertz CT molecular complexity index is 378. The van der Waals surface area contributed by atoms with Crippen LogP contribution in [0.15, 0.2) is 24.3 Å². The van der Waals surface area contributed by atoms with E-state index in [-0.39, 0.29) is 0 Å². The van der Waals surface area contributed by atoms with Crippen LogP contribution in [0.3, 0.4) is 0 Å². The molecule has 0 nitrogen and oxygen atoms in total. The SMILES string of the molecule is CCCCCCCC/C=C\CCCCCCC[CH]CCCCCCCC/C=C\CCCCCCCC. The van der Waals surface area contributed by atoms with Gasteiger partial charge in [-0.1, -0.05) is 173 Å². The molecule has 0 rings (SSSR count). The number of allylic oxidation sites excluding steroid dienone is 4. The van der Waals surface area contributed by atoms with Crippen molar-refractivity contribution in [1.82, 2.24) is 0 Å². The highest BCUT2D eigenvalue weighted by atomic mass is 14.0. The van der Waals surface area contributed by atoms with E-state index in [0.29, 0.717) is 0 Å². The van der Waals surface area contributed by atoms with Gasteiger partial charge in [-0.15, -0.1) is 0 Å². The van der Waals surface area contributed by atoms with Crippen molar-refractivity contribution in [3.63, 3.8) is 0 Å². The van der Waals surface area contributed by atoms with Crippen molar-refractivity contribution < 1.29 is 0 Å². The fourth-order valence-corrected chi connectivity index (χ4v) is 5.04. The zero-order chi connectivity index (χ0) is 26.0. The Balaban J connectivity index is 3.09. The van der Waals surface area contributed by atoms with Gasteiger partial charge in [0.05, 0.1) is 0 Å². The van der Waals surface area contributed by atoms with Crippen LogP contribution >= 0.6 is 0 Å². The van der Waals surface area contributed by atoms with Crippen molar-refractivity contribution in [3.8, 4) is 0 Å². The van der Waals surface area contributed by atoms with E-state index in [1.165, 1.54) is 186 Å². The Kier molecular flexibility index (Phi) is 34.0. The summed E-state index contributed by atoms with van der Waals surface area (Å²) in [5.74, 6) is 0. The molecule has 0 heterocycles. The molecule has 0 aromatic carbocycles. The molecule has 0 spiro atoms. The minimum Gasteiger partial charge on any atom is -0.0885 e. The van der Waals surface area contributed by atoms with E-state index < -0.39 is 0 Å². The molecule has 0 aliphatic heterocycles. The van der Waals surface area contributed by atoms with Gasteiger partial charge in [-0.3, -0.25) is 0 Å². The maximum absolute atomic E-state index is 2.57. The molecule has 0 aromatic heterocycles. The topological polar surface area (TPSA) is 0 Å². The molecule has 0 amide bonds. The molecule has 0 aliphatic rings. The third kappa shape index (κ3) is 33.5. The van der Waals surface area contributed by atoms with Gasteiger partial charge >= 0.3 is 0 Å². The summed E-state index contributed by atoms with van der Waals surface area (Å²) in [5, 5.41) is 0. The first-order chi connectivity index (χ1) is 17.9. The fourth-order valence-electron chi connectivity index (χ4n) is 5.04. The number of rotatable bonds is 31. The highest BCUT2D eigenvalue weighted by molar-refractivity contribution is 4.82. The number of unbranched alkanes of at least 4 members (excludes halogenated alkanes) is 27. The Morgan fingerprint density at radius 3 is 0.750 bits per heavy atom. The monoisotopic (exact) mass is 502 g/mol. The third-order valence-electron chi connectivity index (χ3n) is 7.59. The zero-order valence-corrected chi connectivity index (χ0v) is 25.4. The molecule has 0 heteroatoms. The van der Waals surface area contributed by atoms with Crippen LogP contribution in [0.5, 0.6) is 0 Å². The highest BCUT2D eigenvalue weighted by Gasteiger charge is 1.95. The van der Waals surface area contributed by atoms with E-state index in [2.05, 4.69) is 44.6 Å². The Labute approximate surface area is 230 Å². The van der Waals surface area contributed by atoms with E-state index in [9.17, 15) is 0 Å². The lowest BCUT2D eigenvalue weighted by Gasteiger charge is -2.03. The van der Waals surface area contributed by atoms with E-state index in [1.807, 2.05) is 0 Å². The van der Waals surface area contributed by atoms with Crippen molar-refractivity contribution >= 4 is 0 Å². The highest BCUT2D eigenvalue weighted by Crippen LogP contribution is 2.14. The van der Waals surface area contributed by atoms with E-state index in [0.717, 1.165) is 0 Å². The summed E-state index contributed by atoms with van der Waals surface area (Å²) in [6.07, 6.45) is 52.9. The van der Waals surface area contributed by atoms with Gasteiger partial charge in [0.15, 0.2) is 0 Å². The molecule has 0 saturated carbocycles. The summed E-state index contributed by atoms with van der Waals surface area (Å²) >= 11 is 0. The first kappa shape index (κ1) is 35.5. The van der Waals surface area contributed by atoms with E-state index in [1.54, 1.807) is 0 Å². The Morgan fingerprint density at radius 1 is 0.250 bits per heavy atom. The summed E-state index contributed by atoms with van der Waals surface area (Å²) in [5.41, 5.74) is 0. The second kappa shape index (κ2) is 34.5. The molecule has 213 valence electrons. The van der Waals surface area contributed by atoms with Gasteiger partial charge in [-0.25, -0.2) is 0 Å². The molecule has 0 saturated heterocycles. The lowest BCUT2D eigenvalue weighted by Crippen LogP contribution is -1.84. The summed E-state index contributed by atoms with van der Waals surface area (Å²) in [6, 6.07) is 0. The predicted molar refractivity (Wildman–Crippen MR) is 168 cm³/mol. The van der Waals surface area contributed by atoms with Gasteiger partial charge in [0.2, 0.25) is 0 Å². The molecule has 1 radical (unpaired) electrons. The van der Waals surface area contributed by atoms with Crippen molar-refractivity contribution in [3.05, 3.63) is 30.7 Å². The van der Waals surface area contributed by atoms with Gasteiger partial charge in [-0.2, -0.15) is 0 Å². The van der Waals surface area contributed by atoms with Crippen molar-refractivity contribution in [2.45, 2.75) is 200 Å².